The SMILES string of the molecule is CCCCOC(=O)c1ccc(-c2ccc(/C=C3\SC(=O)NC3=O)o2)cc1. The number of imide groups is 1. The van der Waals surface area contributed by atoms with Crippen molar-refractivity contribution in [1.82, 2.24) is 5.32 Å². The molecule has 0 unspecified atom stereocenters. The molecule has 7 heteroatoms. The molecule has 2 aromatic rings. The Kier molecular flexibility index (Phi) is 5.58. The molecule has 1 aromatic carbocycles. The summed E-state index contributed by atoms with van der Waals surface area (Å²) in [4.78, 5) is 34.9. The maximum Gasteiger partial charge on any atom is 0.338 e. The highest BCUT2D eigenvalue weighted by Gasteiger charge is 2.25. The van der Waals surface area contributed by atoms with E-state index < -0.39 is 11.1 Å². The second-order valence-corrected chi connectivity index (χ2v) is 6.64. The molecule has 0 radical (unpaired) electrons. The third-order valence-electron chi connectivity index (χ3n) is 3.68. The number of nitrogens with one attached hydrogen (secondary N) is 1. The monoisotopic (exact) mass is 371 g/mol. The first kappa shape index (κ1) is 18.0. The van der Waals surface area contributed by atoms with Crippen LogP contribution in [-0.2, 0) is 9.53 Å². The van der Waals surface area contributed by atoms with Crippen molar-refractivity contribution in [1.29, 1.82) is 0 Å². The van der Waals surface area contributed by atoms with Crippen molar-refractivity contribution in [3.63, 3.8) is 0 Å². The predicted octanol–water partition coefficient (Wildman–Crippen LogP) is 4.23. The van der Waals surface area contributed by atoms with Crippen LogP contribution in [0.1, 0.15) is 35.9 Å². The quantitative estimate of drug-likeness (QED) is 0.465. The molecule has 2 amide bonds. The van der Waals surface area contributed by atoms with E-state index in [-0.39, 0.29) is 5.97 Å². The molecule has 1 aliphatic heterocycles. The van der Waals surface area contributed by atoms with Crippen molar-refractivity contribution in [2.45, 2.75) is 19.8 Å². The van der Waals surface area contributed by atoms with Crippen LogP contribution in [0.5, 0.6) is 0 Å². The summed E-state index contributed by atoms with van der Waals surface area (Å²) in [7, 11) is 0. The number of benzene rings is 1. The Labute approximate surface area is 154 Å². The fourth-order valence-electron chi connectivity index (χ4n) is 2.30. The largest absolute Gasteiger partial charge is 0.462 e. The molecule has 134 valence electrons. The van der Waals surface area contributed by atoms with Gasteiger partial charge in [0.15, 0.2) is 0 Å². The third-order valence-corrected chi connectivity index (χ3v) is 4.49. The Morgan fingerprint density at radius 2 is 1.96 bits per heavy atom. The average Bonchev–Trinajstić information content (AvgIpc) is 3.22. The van der Waals surface area contributed by atoms with Crippen LogP contribution in [0.25, 0.3) is 17.4 Å². The summed E-state index contributed by atoms with van der Waals surface area (Å²) in [5.74, 6) is 0.292. The van der Waals surface area contributed by atoms with Gasteiger partial charge in [-0.1, -0.05) is 25.5 Å². The second kappa shape index (κ2) is 8.05. The lowest BCUT2D eigenvalue weighted by molar-refractivity contribution is -0.115. The number of unbranched alkanes of at least 4 members (excludes halogenated alkanes) is 1. The molecule has 3 rings (SSSR count). The van der Waals surface area contributed by atoms with E-state index in [0.717, 1.165) is 30.2 Å². The molecule has 0 saturated carbocycles. The van der Waals surface area contributed by atoms with Crippen LogP contribution >= 0.6 is 11.8 Å². The summed E-state index contributed by atoms with van der Waals surface area (Å²) in [6.45, 7) is 2.45. The molecule has 1 aliphatic rings. The van der Waals surface area contributed by atoms with Crippen LogP contribution in [-0.4, -0.2) is 23.7 Å². The van der Waals surface area contributed by atoms with Gasteiger partial charge >= 0.3 is 5.97 Å². The summed E-state index contributed by atoms with van der Waals surface area (Å²) < 4.78 is 10.9. The molecule has 26 heavy (non-hydrogen) atoms. The third kappa shape index (κ3) is 4.23. The summed E-state index contributed by atoms with van der Waals surface area (Å²) >= 11 is 0.837. The summed E-state index contributed by atoms with van der Waals surface area (Å²) in [5, 5.41) is 1.80. The van der Waals surface area contributed by atoms with E-state index in [2.05, 4.69) is 5.32 Å². The van der Waals surface area contributed by atoms with Crippen LogP contribution in [0.2, 0.25) is 0 Å². The van der Waals surface area contributed by atoms with Crippen LogP contribution in [0.4, 0.5) is 4.79 Å². The zero-order chi connectivity index (χ0) is 18.5. The van der Waals surface area contributed by atoms with Gasteiger partial charge in [-0.25, -0.2) is 4.79 Å². The summed E-state index contributed by atoms with van der Waals surface area (Å²) in [6.07, 6.45) is 3.34. The average molecular weight is 371 g/mol. The van der Waals surface area contributed by atoms with Crippen molar-refractivity contribution in [2.24, 2.45) is 0 Å². The lowest BCUT2D eigenvalue weighted by atomic mass is 10.1. The Balaban J connectivity index is 1.70. The van der Waals surface area contributed by atoms with Gasteiger partial charge in [-0.05, 0) is 42.4 Å². The first-order chi connectivity index (χ1) is 12.6. The van der Waals surface area contributed by atoms with Crippen LogP contribution < -0.4 is 5.32 Å². The number of carbonyl (C=O) groups is 3. The highest BCUT2D eigenvalue weighted by atomic mass is 32.2. The molecule has 2 heterocycles. The van der Waals surface area contributed by atoms with Crippen molar-refractivity contribution in [2.75, 3.05) is 6.61 Å². The zero-order valence-corrected chi connectivity index (χ0v) is 14.9. The van der Waals surface area contributed by atoms with Gasteiger partial charge in [-0.2, -0.15) is 0 Å². The van der Waals surface area contributed by atoms with Gasteiger partial charge in [0, 0.05) is 11.6 Å². The molecule has 0 spiro atoms. The zero-order valence-electron chi connectivity index (χ0n) is 14.1. The number of hydrogen-bond acceptors (Lipinski definition) is 6. The first-order valence-corrected chi connectivity index (χ1v) is 9.00. The molecule has 1 saturated heterocycles. The highest BCUT2D eigenvalue weighted by molar-refractivity contribution is 8.18. The first-order valence-electron chi connectivity index (χ1n) is 8.19. The fraction of sp³-hybridized carbons (Fsp3) is 0.211. The van der Waals surface area contributed by atoms with Gasteiger partial charge in [-0.3, -0.25) is 14.9 Å². The van der Waals surface area contributed by atoms with Crippen LogP contribution in [0, 0.1) is 0 Å². The number of hydrogen-bond donors (Lipinski definition) is 1. The topological polar surface area (TPSA) is 85.6 Å². The predicted molar refractivity (Wildman–Crippen MR) is 98.4 cm³/mol. The number of thioether (sulfide) groups is 1. The van der Waals surface area contributed by atoms with Crippen molar-refractivity contribution in [3.05, 3.63) is 52.6 Å². The minimum absolute atomic E-state index is 0.293. The number of ether oxygens (including phenoxy) is 1. The van der Waals surface area contributed by atoms with E-state index in [1.807, 2.05) is 6.92 Å². The standard InChI is InChI=1S/C19H17NO5S/c1-2-3-10-24-18(22)13-6-4-12(5-7-13)15-9-8-14(25-15)11-16-17(21)20-19(23)26-16/h4-9,11H,2-3,10H2,1H3,(H,20,21,23)/b16-11-. The lowest BCUT2D eigenvalue weighted by Crippen LogP contribution is -2.17. The van der Waals surface area contributed by atoms with Crippen molar-refractivity contribution < 1.29 is 23.5 Å². The second-order valence-electron chi connectivity index (χ2n) is 5.62. The number of furan rings is 1. The lowest BCUT2D eigenvalue weighted by Gasteiger charge is -2.04. The Bertz CT molecular complexity index is 866. The maximum absolute atomic E-state index is 11.9. The Morgan fingerprint density at radius 1 is 1.19 bits per heavy atom. The normalized spacial score (nSPS) is 15.3. The molecule has 1 fully saturated rings. The van der Waals surface area contributed by atoms with Crippen LogP contribution in [0.15, 0.2) is 45.7 Å². The smallest absolute Gasteiger partial charge is 0.338 e. The minimum Gasteiger partial charge on any atom is -0.462 e. The van der Waals surface area contributed by atoms with E-state index in [9.17, 15) is 14.4 Å². The van der Waals surface area contributed by atoms with Gasteiger partial charge in [0.1, 0.15) is 11.5 Å². The van der Waals surface area contributed by atoms with Gasteiger partial charge < -0.3 is 9.15 Å². The molecule has 0 bridgehead atoms. The van der Waals surface area contributed by atoms with Crippen molar-refractivity contribution >= 4 is 35.0 Å². The molecule has 1 aromatic heterocycles. The Hall–Kier alpha value is -2.80. The van der Waals surface area contributed by atoms with E-state index >= 15 is 0 Å². The summed E-state index contributed by atoms with van der Waals surface area (Å²) in [5.41, 5.74) is 1.27. The van der Waals surface area contributed by atoms with E-state index in [1.165, 1.54) is 6.08 Å². The summed E-state index contributed by atoms with van der Waals surface area (Å²) in [6, 6.07) is 10.4. The van der Waals surface area contributed by atoms with E-state index in [1.54, 1.807) is 36.4 Å². The van der Waals surface area contributed by atoms with E-state index in [0.29, 0.717) is 28.6 Å². The Morgan fingerprint density at radius 3 is 2.62 bits per heavy atom. The number of esters is 1. The maximum atomic E-state index is 11.9. The molecule has 6 nitrogen and oxygen atoms in total. The van der Waals surface area contributed by atoms with E-state index in [4.69, 9.17) is 9.15 Å². The number of amides is 2. The highest BCUT2D eigenvalue weighted by Crippen LogP contribution is 2.28. The van der Waals surface area contributed by atoms with Gasteiger partial charge in [0.2, 0.25) is 0 Å². The van der Waals surface area contributed by atoms with Gasteiger partial charge in [0.25, 0.3) is 11.1 Å². The van der Waals surface area contributed by atoms with Gasteiger partial charge in [0.05, 0.1) is 17.1 Å². The molecular formula is C19H17NO5S. The molecule has 1 N–H and O–H groups in total. The number of rotatable bonds is 6. The van der Waals surface area contributed by atoms with Crippen LogP contribution in [0.3, 0.4) is 0 Å². The minimum atomic E-state index is -0.427. The molecule has 0 aliphatic carbocycles. The molecular weight excluding hydrogens is 354 g/mol. The molecule has 0 atom stereocenters. The van der Waals surface area contributed by atoms with Crippen molar-refractivity contribution in [3.8, 4) is 11.3 Å². The van der Waals surface area contributed by atoms with Gasteiger partial charge in [-0.15, -0.1) is 0 Å². The fourth-order valence-corrected chi connectivity index (χ4v) is 2.96. The number of carbonyl (C=O) groups excluding carboxylic acids is 3.